The number of esters is 3. The second-order valence-electron chi connectivity index (χ2n) is 17.2. The lowest BCUT2D eigenvalue weighted by atomic mass is 9.62. The average molecular weight is 823 g/mol. The monoisotopic (exact) mass is 823 g/mol. The zero-order valence-corrected chi connectivity index (χ0v) is 39.8. The van der Waals surface area contributed by atoms with E-state index in [0.29, 0.717) is 57.8 Å². The van der Waals surface area contributed by atoms with Crippen LogP contribution in [0.2, 0.25) is 0 Å². The summed E-state index contributed by atoms with van der Waals surface area (Å²) in [7, 11) is 0. The molecule has 0 fully saturated rings. The molecule has 0 saturated carbocycles. The zero-order chi connectivity index (χ0) is 45.2. The Morgan fingerprint density at radius 2 is 0.638 bits per heavy atom. The Balaban J connectivity index is 7.86. The molecule has 10 heteroatoms. The summed E-state index contributed by atoms with van der Waals surface area (Å²) in [5.41, 5.74) is -9.99. The first-order chi connectivity index (χ1) is 27.1. The van der Waals surface area contributed by atoms with Gasteiger partial charge in [0.15, 0.2) is 39.8 Å². The highest BCUT2D eigenvalue weighted by molar-refractivity contribution is 5.96. The van der Waals surface area contributed by atoms with Gasteiger partial charge in [0.1, 0.15) is 0 Å². The van der Waals surface area contributed by atoms with Gasteiger partial charge >= 0.3 is 17.9 Å². The first kappa shape index (κ1) is 55.4. The first-order valence-corrected chi connectivity index (χ1v) is 23.1. The van der Waals surface area contributed by atoms with Gasteiger partial charge in [0.25, 0.3) is 0 Å². The van der Waals surface area contributed by atoms with Gasteiger partial charge in [-0.3, -0.25) is 24.0 Å². The summed E-state index contributed by atoms with van der Waals surface area (Å²) in [5, 5.41) is 12.6. The number of Topliss-reactive ketones (excluding diaryl/α,β-unsaturated/α-hetero) is 3. The summed E-state index contributed by atoms with van der Waals surface area (Å²) < 4.78 is 18.8. The molecule has 3 unspecified atom stereocenters. The molecule has 0 rings (SSSR count). The van der Waals surface area contributed by atoms with Crippen molar-refractivity contribution in [1.82, 2.24) is 0 Å². The molecule has 0 aromatic rings. The molecule has 0 aliphatic rings. The lowest BCUT2D eigenvalue weighted by molar-refractivity contribution is -0.213. The summed E-state index contributed by atoms with van der Waals surface area (Å²) in [5.74, 6) is -4.56. The third-order valence-corrected chi connectivity index (χ3v) is 15.0. The number of carbonyl (C=O) groups excluding carboxylic acids is 6. The van der Waals surface area contributed by atoms with Crippen molar-refractivity contribution in [2.75, 3.05) is 0 Å². The number of hydrogen-bond acceptors (Lipinski definition) is 10. The minimum Gasteiger partial charge on any atom is -0.450 e. The van der Waals surface area contributed by atoms with Crippen molar-refractivity contribution in [2.45, 2.75) is 255 Å². The minimum absolute atomic E-state index is 0.0941. The van der Waals surface area contributed by atoms with Crippen LogP contribution in [0, 0.1) is 16.2 Å². The topological polar surface area (TPSA) is 150 Å². The van der Waals surface area contributed by atoms with E-state index in [2.05, 4.69) is 0 Å². The molecule has 0 aliphatic carbocycles. The fraction of sp³-hybridized carbons (Fsp3) is 0.875. The maximum Gasteiger partial charge on any atom is 0.340 e. The van der Waals surface area contributed by atoms with Gasteiger partial charge in [-0.1, -0.05) is 122 Å². The minimum atomic E-state index is -2.89. The van der Waals surface area contributed by atoms with Crippen LogP contribution in [0.3, 0.4) is 0 Å². The van der Waals surface area contributed by atoms with Crippen molar-refractivity contribution in [3.63, 3.8) is 0 Å². The molecule has 338 valence electrons. The second kappa shape index (κ2) is 24.0. The molecule has 0 radical (unpaired) electrons. The van der Waals surface area contributed by atoms with E-state index in [1.165, 1.54) is 20.8 Å². The summed E-state index contributed by atoms with van der Waals surface area (Å²) in [6, 6.07) is 0. The summed E-state index contributed by atoms with van der Waals surface area (Å²) >= 11 is 0. The molecular weight excluding hydrogens is 737 g/mol. The molecule has 0 saturated heterocycles. The fourth-order valence-electron chi connectivity index (χ4n) is 10.8. The molecular formula is C48H86O10. The van der Waals surface area contributed by atoms with Crippen molar-refractivity contribution in [3.05, 3.63) is 0 Å². The molecule has 0 heterocycles. The summed E-state index contributed by atoms with van der Waals surface area (Å²) in [6.45, 7) is 27.4. The van der Waals surface area contributed by atoms with Crippen molar-refractivity contribution in [2.24, 2.45) is 16.2 Å². The number of unbranched alkanes of at least 4 members (excludes halogenated alkanes) is 3. The molecule has 3 atom stereocenters. The van der Waals surface area contributed by atoms with Crippen LogP contribution in [0.25, 0.3) is 0 Å². The number of ether oxygens (including phenoxy) is 3. The van der Waals surface area contributed by atoms with Gasteiger partial charge in [0.05, 0.1) is 12.8 Å². The molecule has 0 bridgehead atoms. The smallest absolute Gasteiger partial charge is 0.340 e. The highest BCUT2D eigenvalue weighted by Crippen LogP contribution is 2.51. The standard InChI is InChI=1S/C48H86O10/c1-16-28-31-42(19-4,20-5)46(25-10,36(13)49)56-39(52)34-45(55,41(54)58-48(27-12,38(15)51)44(23-8,24-9)33-30-18-3)35-40(53)57-47(26-11,37(14)50)43(21-6,22-7)32-29-17-2/h55H,16-35H2,1-15H3. The van der Waals surface area contributed by atoms with Crippen LogP contribution in [-0.4, -0.2) is 62.8 Å². The molecule has 0 aromatic heterocycles. The van der Waals surface area contributed by atoms with Crippen molar-refractivity contribution >= 4 is 35.3 Å². The number of ketones is 3. The predicted octanol–water partition coefficient (Wildman–Crippen LogP) is 11.3. The Bertz CT molecular complexity index is 1270. The van der Waals surface area contributed by atoms with Crippen molar-refractivity contribution in [3.8, 4) is 0 Å². The Labute approximate surface area is 353 Å². The molecule has 0 spiro atoms. The second-order valence-corrected chi connectivity index (χ2v) is 17.2. The Morgan fingerprint density at radius 1 is 0.397 bits per heavy atom. The van der Waals surface area contributed by atoms with Gasteiger partial charge in [0.2, 0.25) is 0 Å². The molecule has 0 amide bonds. The number of hydrogen-bond donors (Lipinski definition) is 1. The van der Waals surface area contributed by atoms with Crippen LogP contribution in [0.15, 0.2) is 0 Å². The fourth-order valence-corrected chi connectivity index (χ4v) is 10.8. The molecule has 0 aromatic carbocycles. The van der Waals surface area contributed by atoms with E-state index < -0.39 is 75.2 Å². The quantitative estimate of drug-likeness (QED) is 0.0513. The normalized spacial score (nSPS) is 16.6. The molecule has 58 heavy (non-hydrogen) atoms. The highest BCUT2D eigenvalue weighted by atomic mass is 16.6. The first-order valence-electron chi connectivity index (χ1n) is 23.1. The van der Waals surface area contributed by atoms with E-state index in [0.717, 1.165) is 38.5 Å². The Hall–Kier alpha value is -2.62. The molecule has 10 nitrogen and oxygen atoms in total. The third kappa shape index (κ3) is 11.0. The molecule has 0 aliphatic heterocycles. The van der Waals surface area contributed by atoms with Crippen LogP contribution < -0.4 is 0 Å². The van der Waals surface area contributed by atoms with E-state index in [9.17, 15) is 33.9 Å². The number of carbonyl (C=O) groups is 6. The SMILES string of the molecule is CCCCC(CC)(CC)C(CC)(OC(=O)CC(O)(CC(=O)OC(CC)(C(C)=O)C(CC)(CC)CCCC)C(=O)OC(CC)(C(C)=O)C(CC)(CC)CCCC)C(C)=O. The van der Waals surface area contributed by atoms with E-state index in [-0.39, 0.29) is 30.8 Å². The average Bonchev–Trinajstić information content (AvgIpc) is 3.19. The Morgan fingerprint density at radius 3 is 0.828 bits per heavy atom. The lowest BCUT2D eigenvalue weighted by Crippen LogP contribution is -2.60. The maximum absolute atomic E-state index is 14.8. The lowest BCUT2D eigenvalue weighted by Gasteiger charge is -2.49. The van der Waals surface area contributed by atoms with Gasteiger partial charge < -0.3 is 19.3 Å². The van der Waals surface area contributed by atoms with Crippen LogP contribution in [0.5, 0.6) is 0 Å². The van der Waals surface area contributed by atoms with Crippen LogP contribution in [0.1, 0.15) is 232 Å². The maximum atomic E-state index is 14.8. The van der Waals surface area contributed by atoms with Gasteiger partial charge in [-0.15, -0.1) is 0 Å². The van der Waals surface area contributed by atoms with Gasteiger partial charge in [0, 0.05) is 16.2 Å². The van der Waals surface area contributed by atoms with Gasteiger partial charge in [-0.05, 0) is 97.8 Å². The van der Waals surface area contributed by atoms with Crippen LogP contribution >= 0.6 is 0 Å². The van der Waals surface area contributed by atoms with Crippen molar-refractivity contribution < 1.29 is 48.1 Å². The van der Waals surface area contributed by atoms with Gasteiger partial charge in [-0.2, -0.15) is 0 Å². The molecule has 1 N–H and O–H groups in total. The largest absolute Gasteiger partial charge is 0.450 e. The van der Waals surface area contributed by atoms with Crippen LogP contribution in [-0.2, 0) is 43.0 Å². The highest BCUT2D eigenvalue weighted by Gasteiger charge is 2.60. The van der Waals surface area contributed by atoms with E-state index in [1.807, 2.05) is 62.3 Å². The summed E-state index contributed by atoms with van der Waals surface area (Å²) in [4.78, 5) is 84.9. The zero-order valence-electron chi connectivity index (χ0n) is 39.8. The summed E-state index contributed by atoms with van der Waals surface area (Å²) in [6.07, 6.45) is 8.13. The van der Waals surface area contributed by atoms with Crippen molar-refractivity contribution in [1.29, 1.82) is 0 Å². The predicted molar refractivity (Wildman–Crippen MR) is 231 cm³/mol. The van der Waals surface area contributed by atoms with E-state index in [4.69, 9.17) is 14.2 Å². The van der Waals surface area contributed by atoms with Crippen LogP contribution in [0.4, 0.5) is 0 Å². The third-order valence-electron chi connectivity index (χ3n) is 15.0. The number of aliphatic hydroxyl groups is 1. The van der Waals surface area contributed by atoms with Gasteiger partial charge in [-0.25, -0.2) is 4.79 Å². The Kier molecular flexibility index (Phi) is 22.9. The number of rotatable bonds is 32. The van der Waals surface area contributed by atoms with E-state index in [1.54, 1.807) is 20.8 Å². The van der Waals surface area contributed by atoms with E-state index >= 15 is 0 Å².